The van der Waals surface area contributed by atoms with Crippen LogP contribution in [0, 0.1) is 11.7 Å². The van der Waals surface area contributed by atoms with Crippen LogP contribution < -0.4 is 0 Å². The van der Waals surface area contributed by atoms with Gasteiger partial charge in [0.1, 0.15) is 5.82 Å². The summed E-state index contributed by atoms with van der Waals surface area (Å²) in [6.07, 6.45) is 13.3. The van der Waals surface area contributed by atoms with Gasteiger partial charge in [-0.15, -0.1) is 6.58 Å². The first-order chi connectivity index (χ1) is 16.0. The third kappa shape index (κ3) is 6.22. The highest BCUT2D eigenvalue weighted by atomic mass is 19.1. The third-order valence-corrected chi connectivity index (χ3v) is 8.18. The van der Waals surface area contributed by atoms with Crippen LogP contribution in [-0.4, -0.2) is 12.8 Å². The van der Waals surface area contributed by atoms with Crippen LogP contribution in [0.2, 0.25) is 0 Å². The molecule has 0 atom stereocenters. The molecule has 2 saturated carbocycles. The van der Waals surface area contributed by atoms with Gasteiger partial charge in [0.05, 0.1) is 0 Å². The average Bonchev–Trinajstić information content (AvgIpc) is 2.84. The minimum Gasteiger partial charge on any atom is -0.298 e. The Morgan fingerprint density at radius 3 is 2.09 bits per heavy atom. The summed E-state index contributed by atoms with van der Waals surface area (Å²) in [5.41, 5.74) is 5.55. The van der Waals surface area contributed by atoms with Gasteiger partial charge in [0.15, 0.2) is 0 Å². The lowest BCUT2D eigenvalue weighted by Gasteiger charge is -2.29. The number of benzene rings is 2. The average molecular weight is 446 g/mol. The van der Waals surface area contributed by atoms with Crippen molar-refractivity contribution >= 4 is 6.72 Å². The molecule has 1 nitrogen and oxygen atoms in total. The molecule has 2 aromatic rings. The van der Waals surface area contributed by atoms with Crippen LogP contribution in [0.3, 0.4) is 0 Å². The lowest BCUT2D eigenvalue weighted by atomic mass is 9.76. The molecular formula is C31H40FN. The maximum atomic E-state index is 15.1. The van der Waals surface area contributed by atoms with Gasteiger partial charge in [-0.25, -0.2) is 4.39 Å². The molecule has 176 valence electrons. The molecule has 4 rings (SSSR count). The molecule has 0 radical (unpaired) electrons. The second kappa shape index (κ2) is 11.3. The van der Waals surface area contributed by atoms with Crippen LogP contribution >= 0.6 is 0 Å². The zero-order valence-electron chi connectivity index (χ0n) is 20.4. The van der Waals surface area contributed by atoms with Gasteiger partial charge in [0, 0.05) is 11.6 Å². The molecule has 0 unspecified atom stereocenters. The highest BCUT2D eigenvalue weighted by Gasteiger charge is 2.24. The molecule has 0 spiro atoms. The molecule has 0 bridgehead atoms. The van der Waals surface area contributed by atoms with E-state index < -0.39 is 0 Å². The van der Waals surface area contributed by atoms with Crippen molar-refractivity contribution in [2.45, 2.75) is 95.4 Å². The first kappa shape index (κ1) is 23.9. The first-order valence-electron chi connectivity index (χ1n) is 13.0. The van der Waals surface area contributed by atoms with Gasteiger partial charge in [-0.1, -0.05) is 48.4 Å². The summed E-state index contributed by atoms with van der Waals surface area (Å²) in [5, 5.41) is 0. The molecule has 0 aliphatic heterocycles. The van der Waals surface area contributed by atoms with Gasteiger partial charge in [0.25, 0.3) is 0 Å². The van der Waals surface area contributed by atoms with Crippen molar-refractivity contribution in [1.29, 1.82) is 0 Å². The van der Waals surface area contributed by atoms with Crippen molar-refractivity contribution in [3.63, 3.8) is 0 Å². The summed E-state index contributed by atoms with van der Waals surface area (Å²) < 4.78 is 15.1. The van der Waals surface area contributed by atoms with Gasteiger partial charge >= 0.3 is 0 Å². The molecule has 2 fully saturated rings. The van der Waals surface area contributed by atoms with E-state index in [4.69, 9.17) is 0 Å². The Kier molecular flexibility index (Phi) is 8.17. The van der Waals surface area contributed by atoms with E-state index in [9.17, 15) is 0 Å². The van der Waals surface area contributed by atoms with Crippen molar-refractivity contribution in [3.05, 3.63) is 71.6 Å². The quantitative estimate of drug-likeness (QED) is 0.283. The number of halogens is 1. The summed E-state index contributed by atoms with van der Waals surface area (Å²) in [7, 11) is 0. The lowest BCUT2D eigenvalue weighted by molar-refractivity contribution is 0.305. The Hall–Kier alpha value is -2.22. The predicted octanol–water partition coefficient (Wildman–Crippen LogP) is 9.24. The molecule has 0 aromatic heterocycles. The highest BCUT2D eigenvalue weighted by molar-refractivity contribution is 5.65. The fourth-order valence-electron chi connectivity index (χ4n) is 6.02. The van der Waals surface area contributed by atoms with Crippen LogP contribution in [0.5, 0.6) is 0 Å². The van der Waals surface area contributed by atoms with Gasteiger partial charge < -0.3 is 0 Å². The summed E-state index contributed by atoms with van der Waals surface area (Å²) in [6.45, 7) is 9.84. The van der Waals surface area contributed by atoms with E-state index >= 15 is 4.39 Å². The summed E-state index contributed by atoms with van der Waals surface area (Å²) in [5.74, 6) is 1.86. The Morgan fingerprint density at radius 2 is 1.48 bits per heavy atom. The fourth-order valence-corrected chi connectivity index (χ4v) is 6.02. The molecule has 33 heavy (non-hydrogen) atoms. The van der Waals surface area contributed by atoms with E-state index in [1.807, 2.05) is 6.07 Å². The van der Waals surface area contributed by atoms with Crippen LogP contribution in [0.15, 0.2) is 59.6 Å². The van der Waals surface area contributed by atoms with Crippen LogP contribution in [-0.2, 0) is 0 Å². The van der Waals surface area contributed by atoms with Crippen molar-refractivity contribution in [1.82, 2.24) is 0 Å². The Labute approximate surface area is 200 Å². The van der Waals surface area contributed by atoms with Gasteiger partial charge in [-0.3, -0.25) is 4.99 Å². The summed E-state index contributed by atoms with van der Waals surface area (Å²) in [4.78, 5) is 4.21. The summed E-state index contributed by atoms with van der Waals surface area (Å²) in [6, 6.07) is 15.0. The molecular weight excluding hydrogens is 405 g/mol. The van der Waals surface area contributed by atoms with E-state index in [1.165, 1.54) is 68.1 Å². The molecule has 2 aliphatic rings. The van der Waals surface area contributed by atoms with Crippen molar-refractivity contribution < 1.29 is 4.39 Å². The molecule has 0 saturated heterocycles. The monoisotopic (exact) mass is 445 g/mol. The lowest BCUT2D eigenvalue weighted by Crippen LogP contribution is -2.15. The number of aliphatic imine (C=N–C) groups is 1. The zero-order chi connectivity index (χ0) is 23.2. The Bertz CT molecular complexity index is 928. The number of hydrogen-bond acceptors (Lipinski definition) is 1. The number of rotatable bonds is 8. The fraction of sp³-hybridized carbons (Fsp3) is 0.516. The predicted molar refractivity (Wildman–Crippen MR) is 140 cm³/mol. The minimum absolute atomic E-state index is 0.0820. The van der Waals surface area contributed by atoms with Gasteiger partial charge in [0.2, 0.25) is 0 Å². The van der Waals surface area contributed by atoms with Crippen LogP contribution in [0.25, 0.3) is 11.1 Å². The maximum Gasteiger partial charge on any atom is 0.131 e. The smallest absolute Gasteiger partial charge is 0.131 e. The van der Waals surface area contributed by atoms with E-state index in [0.717, 1.165) is 36.3 Å². The SMILES string of the molecule is C=NC1CCC(c2ccc(-c3ccc(C4CCC(CCCC(=C)C)CC4)cc3F)cc2)CC1. The Balaban J connectivity index is 1.34. The minimum atomic E-state index is -0.0820. The second-order valence-corrected chi connectivity index (χ2v) is 10.6. The van der Waals surface area contributed by atoms with E-state index in [0.29, 0.717) is 17.9 Å². The van der Waals surface area contributed by atoms with Crippen molar-refractivity contribution in [3.8, 4) is 11.1 Å². The number of nitrogens with zero attached hydrogens (tertiary/aromatic N) is 1. The largest absolute Gasteiger partial charge is 0.298 e. The Morgan fingerprint density at radius 1 is 0.879 bits per heavy atom. The topological polar surface area (TPSA) is 12.4 Å². The van der Waals surface area contributed by atoms with Crippen LogP contribution in [0.1, 0.15) is 101 Å². The number of hydrogen-bond donors (Lipinski definition) is 0. The summed E-state index contributed by atoms with van der Waals surface area (Å²) >= 11 is 0. The zero-order valence-corrected chi connectivity index (χ0v) is 20.4. The highest BCUT2D eigenvalue weighted by Crippen LogP contribution is 2.39. The van der Waals surface area contributed by atoms with Crippen molar-refractivity contribution in [2.24, 2.45) is 10.9 Å². The molecule has 2 heteroatoms. The standard InChI is InChI=1S/C31H40FN/c1-22(2)5-4-6-23-7-9-26(10-8-23)28-17-20-30(31(32)21-28)27-13-11-24(12-14-27)25-15-18-29(33-3)19-16-25/h11-14,17,20-21,23,25-26,29H,1,3-10,15-16,18-19H2,2H3. The molecule has 2 aromatic carbocycles. The van der Waals surface area contributed by atoms with Crippen LogP contribution in [0.4, 0.5) is 4.39 Å². The maximum absolute atomic E-state index is 15.1. The van der Waals surface area contributed by atoms with E-state index in [-0.39, 0.29) is 5.82 Å². The van der Waals surface area contributed by atoms with E-state index in [2.05, 4.69) is 55.5 Å². The second-order valence-electron chi connectivity index (χ2n) is 10.6. The molecule has 0 N–H and O–H groups in total. The normalized spacial score (nSPS) is 25.5. The first-order valence-corrected chi connectivity index (χ1v) is 13.0. The molecule has 0 heterocycles. The molecule has 0 amide bonds. The van der Waals surface area contributed by atoms with E-state index in [1.54, 1.807) is 6.07 Å². The molecule has 2 aliphatic carbocycles. The van der Waals surface area contributed by atoms with Gasteiger partial charge in [-0.2, -0.15) is 0 Å². The number of allylic oxidation sites excluding steroid dienone is 1. The van der Waals surface area contributed by atoms with Gasteiger partial charge in [-0.05, 0) is 118 Å². The van der Waals surface area contributed by atoms with Crippen molar-refractivity contribution in [2.75, 3.05) is 0 Å². The third-order valence-electron chi connectivity index (χ3n) is 8.18.